The summed E-state index contributed by atoms with van der Waals surface area (Å²) >= 11 is 0. The van der Waals surface area contributed by atoms with Gasteiger partial charge in [-0.2, -0.15) is 0 Å². The van der Waals surface area contributed by atoms with Crippen LogP contribution in [0.2, 0.25) is 0 Å². The second-order valence-electron chi connectivity index (χ2n) is 6.17. The van der Waals surface area contributed by atoms with Crippen LogP contribution in [0.15, 0.2) is 24.3 Å². The Hall–Kier alpha value is -1.06. The molecule has 3 nitrogen and oxygen atoms in total. The van der Waals surface area contributed by atoms with Gasteiger partial charge < -0.3 is 14.5 Å². The smallest absolute Gasteiger partial charge is 0.122 e. The molecule has 0 aromatic heterocycles. The molecule has 0 saturated carbocycles. The second-order valence-corrected chi connectivity index (χ2v) is 6.17. The average molecular weight is 290 g/mol. The SMILES string of the molecule is Cc1ccccc1OCCCCCCN1CCN(C)CC1. The van der Waals surface area contributed by atoms with Crippen LogP contribution in [0.25, 0.3) is 0 Å². The van der Waals surface area contributed by atoms with Crippen LogP contribution in [-0.2, 0) is 0 Å². The molecule has 1 aliphatic rings. The lowest BCUT2D eigenvalue weighted by Crippen LogP contribution is -2.44. The number of aryl methyl sites for hydroxylation is 1. The van der Waals surface area contributed by atoms with Gasteiger partial charge in [-0.15, -0.1) is 0 Å². The number of nitrogens with zero attached hydrogens (tertiary/aromatic N) is 2. The normalized spacial score (nSPS) is 17.0. The fraction of sp³-hybridized carbons (Fsp3) is 0.667. The predicted molar refractivity (Wildman–Crippen MR) is 89.1 cm³/mol. The second kappa shape index (κ2) is 9.06. The van der Waals surface area contributed by atoms with Crippen molar-refractivity contribution in [1.82, 2.24) is 9.80 Å². The van der Waals surface area contributed by atoms with E-state index in [1.54, 1.807) is 0 Å². The first-order valence-electron chi connectivity index (χ1n) is 8.35. The van der Waals surface area contributed by atoms with Crippen LogP contribution >= 0.6 is 0 Å². The van der Waals surface area contributed by atoms with E-state index < -0.39 is 0 Å². The number of likely N-dealkylation sites (N-methyl/N-ethyl adjacent to an activating group) is 1. The molecule has 0 radical (unpaired) electrons. The summed E-state index contributed by atoms with van der Waals surface area (Å²) in [5.41, 5.74) is 1.23. The molecule has 2 rings (SSSR count). The number of para-hydroxylation sites is 1. The topological polar surface area (TPSA) is 15.7 Å². The maximum atomic E-state index is 5.83. The molecular weight excluding hydrogens is 260 g/mol. The Labute approximate surface area is 129 Å². The van der Waals surface area contributed by atoms with E-state index in [0.717, 1.165) is 18.8 Å². The highest BCUT2D eigenvalue weighted by molar-refractivity contribution is 5.31. The summed E-state index contributed by atoms with van der Waals surface area (Å²) in [4.78, 5) is 5.02. The molecule has 0 unspecified atom stereocenters. The summed E-state index contributed by atoms with van der Waals surface area (Å²) in [6.07, 6.45) is 5.09. The van der Waals surface area contributed by atoms with E-state index in [9.17, 15) is 0 Å². The van der Waals surface area contributed by atoms with Crippen molar-refractivity contribution < 1.29 is 4.74 Å². The van der Waals surface area contributed by atoms with Gasteiger partial charge in [0.05, 0.1) is 6.61 Å². The fourth-order valence-corrected chi connectivity index (χ4v) is 2.76. The molecular formula is C18H30N2O. The first-order valence-corrected chi connectivity index (χ1v) is 8.35. The zero-order chi connectivity index (χ0) is 14.9. The van der Waals surface area contributed by atoms with Gasteiger partial charge in [0.1, 0.15) is 5.75 Å². The molecule has 1 fully saturated rings. The Bertz CT molecular complexity index is 400. The van der Waals surface area contributed by atoms with Gasteiger partial charge in [-0.25, -0.2) is 0 Å². The molecule has 118 valence electrons. The average Bonchev–Trinajstić information content (AvgIpc) is 2.50. The standard InChI is InChI=1S/C18H30N2O/c1-17-9-5-6-10-18(17)21-16-8-4-3-7-11-20-14-12-19(2)13-15-20/h5-6,9-10H,3-4,7-8,11-16H2,1-2H3. The van der Waals surface area contributed by atoms with Gasteiger partial charge in [0, 0.05) is 26.2 Å². The Kier molecular flexibility index (Phi) is 7.04. The van der Waals surface area contributed by atoms with Crippen molar-refractivity contribution in [3.8, 4) is 5.75 Å². The fourth-order valence-electron chi connectivity index (χ4n) is 2.76. The number of hydrogen-bond acceptors (Lipinski definition) is 3. The molecule has 1 aliphatic heterocycles. The number of piperazine rings is 1. The summed E-state index contributed by atoms with van der Waals surface area (Å²) in [6.45, 7) is 9.16. The Morgan fingerprint density at radius 1 is 0.952 bits per heavy atom. The van der Waals surface area contributed by atoms with Crippen LogP contribution in [0.3, 0.4) is 0 Å². The summed E-state index contributed by atoms with van der Waals surface area (Å²) in [5, 5.41) is 0. The van der Waals surface area contributed by atoms with Gasteiger partial charge in [-0.1, -0.05) is 31.0 Å². The van der Waals surface area contributed by atoms with Crippen molar-refractivity contribution in [2.24, 2.45) is 0 Å². The van der Waals surface area contributed by atoms with E-state index in [1.807, 2.05) is 6.07 Å². The van der Waals surface area contributed by atoms with E-state index in [2.05, 4.69) is 42.0 Å². The molecule has 0 spiro atoms. The molecule has 0 amide bonds. The summed E-state index contributed by atoms with van der Waals surface area (Å²) in [7, 11) is 2.21. The van der Waals surface area contributed by atoms with Crippen molar-refractivity contribution in [1.29, 1.82) is 0 Å². The van der Waals surface area contributed by atoms with E-state index in [0.29, 0.717) is 0 Å². The number of unbranched alkanes of at least 4 members (excludes halogenated alkanes) is 3. The molecule has 0 N–H and O–H groups in total. The highest BCUT2D eigenvalue weighted by Gasteiger charge is 2.12. The van der Waals surface area contributed by atoms with Crippen LogP contribution in [0.1, 0.15) is 31.2 Å². The highest BCUT2D eigenvalue weighted by Crippen LogP contribution is 2.16. The van der Waals surface area contributed by atoms with Gasteiger partial charge >= 0.3 is 0 Å². The van der Waals surface area contributed by atoms with Crippen molar-refractivity contribution in [3.05, 3.63) is 29.8 Å². The first kappa shape index (κ1) is 16.3. The molecule has 1 aromatic carbocycles. The maximum Gasteiger partial charge on any atom is 0.122 e. The van der Waals surface area contributed by atoms with Gasteiger partial charge in [0.2, 0.25) is 0 Å². The molecule has 1 aromatic rings. The first-order chi connectivity index (χ1) is 10.3. The van der Waals surface area contributed by atoms with Crippen molar-refractivity contribution >= 4 is 0 Å². The van der Waals surface area contributed by atoms with Crippen LogP contribution in [0.5, 0.6) is 5.75 Å². The number of hydrogen-bond donors (Lipinski definition) is 0. The van der Waals surface area contributed by atoms with Gasteiger partial charge in [-0.05, 0) is 45.0 Å². The molecule has 0 aliphatic carbocycles. The van der Waals surface area contributed by atoms with Crippen molar-refractivity contribution in [3.63, 3.8) is 0 Å². The molecule has 3 heteroatoms. The van der Waals surface area contributed by atoms with Crippen LogP contribution in [0, 0.1) is 6.92 Å². The minimum absolute atomic E-state index is 0.847. The third kappa shape index (κ3) is 6.06. The minimum atomic E-state index is 0.847. The molecule has 1 heterocycles. The minimum Gasteiger partial charge on any atom is -0.493 e. The highest BCUT2D eigenvalue weighted by atomic mass is 16.5. The lowest BCUT2D eigenvalue weighted by molar-refractivity contribution is 0.151. The number of benzene rings is 1. The maximum absolute atomic E-state index is 5.83. The monoisotopic (exact) mass is 290 g/mol. The van der Waals surface area contributed by atoms with E-state index >= 15 is 0 Å². The predicted octanol–water partition coefficient (Wildman–Crippen LogP) is 3.18. The number of rotatable bonds is 8. The van der Waals surface area contributed by atoms with E-state index in [1.165, 1.54) is 57.5 Å². The lowest BCUT2D eigenvalue weighted by Gasteiger charge is -2.32. The van der Waals surface area contributed by atoms with Gasteiger partial charge in [0.15, 0.2) is 0 Å². The largest absolute Gasteiger partial charge is 0.493 e. The summed E-state index contributed by atoms with van der Waals surface area (Å²) < 4.78 is 5.83. The van der Waals surface area contributed by atoms with Gasteiger partial charge in [0.25, 0.3) is 0 Å². The molecule has 0 atom stereocenters. The van der Waals surface area contributed by atoms with Crippen LogP contribution < -0.4 is 4.74 Å². The van der Waals surface area contributed by atoms with E-state index in [4.69, 9.17) is 4.74 Å². The number of ether oxygens (including phenoxy) is 1. The van der Waals surface area contributed by atoms with Gasteiger partial charge in [-0.3, -0.25) is 0 Å². The summed E-state index contributed by atoms with van der Waals surface area (Å²) in [6, 6.07) is 8.26. The van der Waals surface area contributed by atoms with Crippen LogP contribution in [0.4, 0.5) is 0 Å². The molecule has 1 saturated heterocycles. The Morgan fingerprint density at radius 3 is 2.43 bits per heavy atom. The zero-order valence-corrected chi connectivity index (χ0v) is 13.7. The Balaban J connectivity index is 1.46. The molecule has 21 heavy (non-hydrogen) atoms. The zero-order valence-electron chi connectivity index (χ0n) is 13.7. The Morgan fingerprint density at radius 2 is 1.67 bits per heavy atom. The van der Waals surface area contributed by atoms with Crippen molar-refractivity contribution in [2.75, 3.05) is 46.4 Å². The van der Waals surface area contributed by atoms with Crippen molar-refractivity contribution in [2.45, 2.75) is 32.6 Å². The molecule has 0 bridgehead atoms. The third-order valence-corrected chi connectivity index (χ3v) is 4.32. The van der Waals surface area contributed by atoms with E-state index in [-0.39, 0.29) is 0 Å². The lowest BCUT2D eigenvalue weighted by atomic mass is 10.2. The third-order valence-electron chi connectivity index (χ3n) is 4.32. The van der Waals surface area contributed by atoms with Crippen LogP contribution in [-0.4, -0.2) is 56.2 Å². The summed E-state index contributed by atoms with van der Waals surface area (Å²) in [5.74, 6) is 1.04. The quantitative estimate of drug-likeness (QED) is 0.684.